The van der Waals surface area contributed by atoms with Gasteiger partial charge in [0.1, 0.15) is 11.6 Å². The predicted octanol–water partition coefficient (Wildman–Crippen LogP) is 6.97. The zero-order valence-electron chi connectivity index (χ0n) is 16.6. The van der Waals surface area contributed by atoms with Crippen LogP contribution < -0.4 is 0 Å². The first-order valence-corrected chi connectivity index (χ1v) is 10.4. The van der Waals surface area contributed by atoms with E-state index in [9.17, 15) is 4.39 Å². The molecular weight excluding hydrogens is 402 g/mol. The largest absolute Gasteiger partial charge is 0.236 e. The highest BCUT2D eigenvalue weighted by Gasteiger charge is 2.11. The fraction of sp³-hybridized carbons (Fsp3) is 0.200. The lowest BCUT2D eigenvalue weighted by molar-refractivity contribution is 0.617. The zero-order chi connectivity index (χ0) is 21.1. The molecule has 4 rings (SSSR count). The van der Waals surface area contributed by atoms with E-state index in [0.717, 1.165) is 34.9 Å². The van der Waals surface area contributed by atoms with Gasteiger partial charge in [0.2, 0.25) is 0 Å². The molecule has 0 atom stereocenters. The highest BCUT2D eigenvalue weighted by Crippen LogP contribution is 2.27. The lowest BCUT2D eigenvalue weighted by Gasteiger charge is -2.09. The summed E-state index contributed by atoms with van der Waals surface area (Å²) >= 11 is 5.72. The second-order valence-electron chi connectivity index (χ2n) is 7.39. The lowest BCUT2D eigenvalue weighted by atomic mass is 9.99. The van der Waals surface area contributed by atoms with Crippen LogP contribution >= 0.6 is 11.6 Å². The smallest absolute Gasteiger partial charge is 0.159 e. The first kappa shape index (κ1) is 20.4. The van der Waals surface area contributed by atoms with Crippen molar-refractivity contribution in [3.05, 3.63) is 94.3 Å². The average Bonchev–Trinajstić information content (AvgIpc) is 2.76. The van der Waals surface area contributed by atoms with Crippen LogP contribution in [-0.4, -0.2) is 9.97 Å². The Hall–Kier alpha value is -2.85. The van der Waals surface area contributed by atoms with E-state index in [1.165, 1.54) is 12.1 Å². The van der Waals surface area contributed by atoms with Gasteiger partial charge < -0.3 is 0 Å². The Morgan fingerprint density at radius 1 is 0.833 bits per heavy atom. The minimum atomic E-state index is -0.453. The Bertz CT molecular complexity index is 1190. The summed E-state index contributed by atoms with van der Waals surface area (Å²) in [4.78, 5) is 8.89. The molecule has 0 amide bonds. The van der Waals surface area contributed by atoms with Crippen molar-refractivity contribution in [2.24, 2.45) is 0 Å². The van der Waals surface area contributed by atoms with Gasteiger partial charge in [0.15, 0.2) is 5.82 Å². The molecule has 0 spiro atoms. The van der Waals surface area contributed by atoms with Crippen LogP contribution in [0.3, 0.4) is 0 Å². The van der Waals surface area contributed by atoms with Crippen LogP contribution in [0.1, 0.15) is 30.0 Å². The summed E-state index contributed by atoms with van der Waals surface area (Å²) < 4.78 is 28.7. The molecule has 0 saturated heterocycles. The molecule has 0 aliphatic heterocycles. The molecular formula is C25H21ClF2N2. The van der Waals surface area contributed by atoms with E-state index >= 15 is 4.39 Å². The maximum absolute atomic E-state index is 15.1. The highest BCUT2D eigenvalue weighted by atomic mass is 35.5. The summed E-state index contributed by atoms with van der Waals surface area (Å²) in [6.45, 7) is 2.12. The number of hydrogen-bond acceptors (Lipinski definition) is 2. The SMILES string of the molecule is CCCc1cnc(-c2ccc3c(F)c(CCc4ccc(Cl)c(F)c4)ccc3c2)nc1. The number of aromatic nitrogens is 2. The topological polar surface area (TPSA) is 25.8 Å². The summed E-state index contributed by atoms with van der Waals surface area (Å²) in [5.41, 5.74) is 3.36. The van der Waals surface area contributed by atoms with Gasteiger partial charge in [-0.05, 0) is 59.5 Å². The molecule has 1 aromatic heterocycles. The predicted molar refractivity (Wildman–Crippen MR) is 118 cm³/mol. The number of benzene rings is 3. The number of hydrogen-bond donors (Lipinski definition) is 0. The molecule has 4 aromatic rings. The first-order valence-electron chi connectivity index (χ1n) is 10.0. The quantitative estimate of drug-likeness (QED) is 0.335. The Balaban J connectivity index is 1.56. The third kappa shape index (κ3) is 4.34. The van der Waals surface area contributed by atoms with E-state index in [1.54, 1.807) is 18.2 Å². The summed E-state index contributed by atoms with van der Waals surface area (Å²) in [6, 6.07) is 13.9. The van der Waals surface area contributed by atoms with Crippen molar-refractivity contribution in [1.29, 1.82) is 0 Å². The van der Waals surface area contributed by atoms with E-state index in [-0.39, 0.29) is 10.8 Å². The van der Waals surface area contributed by atoms with Gasteiger partial charge in [0, 0.05) is 23.3 Å². The van der Waals surface area contributed by atoms with Gasteiger partial charge in [-0.2, -0.15) is 0 Å². The van der Waals surface area contributed by atoms with Crippen molar-refractivity contribution in [1.82, 2.24) is 9.97 Å². The molecule has 2 nitrogen and oxygen atoms in total. The number of aryl methyl sites for hydroxylation is 3. The molecule has 152 valence electrons. The molecule has 3 aromatic carbocycles. The van der Waals surface area contributed by atoms with E-state index in [0.29, 0.717) is 29.6 Å². The summed E-state index contributed by atoms with van der Waals surface area (Å²) in [6.07, 6.45) is 6.71. The molecule has 5 heteroatoms. The van der Waals surface area contributed by atoms with Crippen molar-refractivity contribution in [2.75, 3.05) is 0 Å². The lowest BCUT2D eigenvalue weighted by Crippen LogP contribution is -1.97. The monoisotopic (exact) mass is 422 g/mol. The third-order valence-electron chi connectivity index (χ3n) is 5.20. The van der Waals surface area contributed by atoms with E-state index in [4.69, 9.17) is 11.6 Å². The van der Waals surface area contributed by atoms with Crippen molar-refractivity contribution >= 4 is 22.4 Å². The van der Waals surface area contributed by atoms with E-state index < -0.39 is 5.82 Å². The van der Waals surface area contributed by atoms with Crippen LogP contribution in [0.2, 0.25) is 5.02 Å². The van der Waals surface area contributed by atoms with Gasteiger partial charge in [-0.1, -0.05) is 55.3 Å². The van der Waals surface area contributed by atoms with Crippen LogP contribution in [0.4, 0.5) is 8.78 Å². The first-order chi connectivity index (χ1) is 14.5. The van der Waals surface area contributed by atoms with Gasteiger partial charge in [0.05, 0.1) is 5.02 Å². The standard InChI is InChI=1S/C25H21ClF2N2/c1-2-3-17-14-29-25(30-15-17)20-9-10-21-19(13-20)8-7-18(24(21)28)6-4-16-5-11-22(26)23(27)12-16/h5,7-15H,2-4,6H2,1H3. The van der Waals surface area contributed by atoms with Crippen LogP contribution in [-0.2, 0) is 19.3 Å². The molecule has 0 bridgehead atoms. The van der Waals surface area contributed by atoms with E-state index in [1.807, 2.05) is 30.6 Å². The summed E-state index contributed by atoms with van der Waals surface area (Å²) in [5, 5.41) is 1.45. The molecule has 30 heavy (non-hydrogen) atoms. The highest BCUT2D eigenvalue weighted by molar-refractivity contribution is 6.30. The zero-order valence-corrected chi connectivity index (χ0v) is 17.4. The van der Waals surface area contributed by atoms with E-state index in [2.05, 4.69) is 16.9 Å². The van der Waals surface area contributed by atoms with Crippen LogP contribution in [0.15, 0.2) is 60.9 Å². The second-order valence-corrected chi connectivity index (χ2v) is 7.80. The fourth-order valence-corrected chi connectivity index (χ4v) is 3.68. The minimum absolute atomic E-state index is 0.0930. The summed E-state index contributed by atoms with van der Waals surface area (Å²) in [5.74, 6) is -0.0654. The van der Waals surface area contributed by atoms with Crippen molar-refractivity contribution in [2.45, 2.75) is 32.6 Å². The summed E-state index contributed by atoms with van der Waals surface area (Å²) in [7, 11) is 0. The Labute approximate surface area is 179 Å². The van der Waals surface area contributed by atoms with Gasteiger partial charge in [-0.3, -0.25) is 0 Å². The number of fused-ring (bicyclic) bond motifs is 1. The molecule has 0 N–H and O–H groups in total. The molecule has 0 unspecified atom stereocenters. The van der Waals surface area contributed by atoms with Crippen molar-refractivity contribution in [3.63, 3.8) is 0 Å². The second kappa shape index (κ2) is 8.88. The molecule has 0 aliphatic carbocycles. The normalized spacial score (nSPS) is 11.2. The van der Waals surface area contributed by atoms with Crippen molar-refractivity contribution in [3.8, 4) is 11.4 Å². The Kier molecular flexibility index (Phi) is 6.05. The number of nitrogens with zero attached hydrogens (tertiary/aromatic N) is 2. The van der Waals surface area contributed by atoms with Gasteiger partial charge in [-0.15, -0.1) is 0 Å². The van der Waals surface area contributed by atoms with Crippen LogP contribution in [0.25, 0.3) is 22.2 Å². The van der Waals surface area contributed by atoms with Crippen LogP contribution in [0.5, 0.6) is 0 Å². The Morgan fingerprint density at radius 2 is 1.63 bits per heavy atom. The maximum atomic E-state index is 15.1. The minimum Gasteiger partial charge on any atom is -0.236 e. The molecule has 0 fully saturated rings. The molecule has 0 radical (unpaired) electrons. The average molecular weight is 423 g/mol. The van der Waals surface area contributed by atoms with Gasteiger partial charge in [0.25, 0.3) is 0 Å². The molecule has 0 saturated carbocycles. The molecule has 1 heterocycles. The van der Waals surface area contributed by atoms with Gasteiger partial charge in [-0.25, -0.2) is 18.7 Å². The maximum Gasteiger partial charge on any atom is 0.159 e. The van der Waals surface area contributed by atoms with Crippen molar-refractivity contribution < 1.29 is 8.78 Å². The fourth-order valence-electron chi connectivity index (χ4n) is 3.56. The third-order valence-corrected chi connectivity index (χ3v) is 5.51. The number of halogens is 3. The van der Waals surface area contributed by atoms with Gasteiger partial charge >= 0.3 is 0 Å². The Morgan fingerprint density at radius 3 is 2.37 bits per heavy atom. The van der Waals surface area contributed by atoms with Crippen LogP contribution in [0, 0.1) is 11.6 Å². The molecule has 0 aliphatic rings. The number of rotatable bonds is 6.